The topological polar surface area (TPSA) is 123 Å². The van der Waals surface area contributed by atoms with Gasteiger partial charge in [0.05, 0.1) is 48.2 Å². The van der Waals surface area contributed by atoms with E-state index >= 15 is 8.78 Å². The van der Waals surface area contributed by atoms with Gasteiger partial charge < -0.3 is 24.4 Å². The number of hydrogen-bond donors (Lipinski definition) is 1. The van der Waals surface area contributed by atoms with E-state index in [4.69, 9.17) is 14.2 Å². The normalized spacial score (nSPS) is 16.7. The lowest BCUT2D eigenvalue weighted by molar-refractivity contribution is -0.135. The molecule has 0 saturated carbocycles. The molecule has 1 aromatic carbocycles. The van der Waals surface area contributed by atoms with Crippen molar-refractivity contribution in [2.45, 2.75) is 25.4 Å². The molecule has 1 saturated heterocycles. The number of nitrogens with zero attached hydrogens (tertiary/aromatic N) is 7. The Morgan fingerprint density at radius 3 is 2.79 bits per heavy atom. The highest BCUT2D eigenvalue weighted by atomic mass is 19.3. The molecule has 0 bridgehead atoms. The van der Waals surface area contributed by atoms with Crippen LogP contribution in [0.3, 0.4) is 0 Å². The van der Waals surface area contributed by atoms with Crippen LogP contribution in [0.4, 0.5) is 20.2 Å². The van der Waals surface area contributed by atoms with E-state index in [9.17, 15) is 5.26 Å². The van der Waals surface area contributed by atoms with Crippen molar-refractivity contribution in [2.24, 2.45) is 0 Å². The molecule has 42 heavy (non-hydrogen) atoms. The number of pyridine rings is 3. The molecule has 4 aromatic heterocycles. The van der Waals surface area contributed by atoms with Crippen LogP contribution in [0, 0.1) is 18.3 Å². The van der Waals surface area contributed by atoms with Crippen LogP contribution in [0.2, 0.25) is 0 Å². The Bertz CT molecular complexity index is 1840. The first kappa shape index (κ1) is 27.1. The smallest absolute Gasteiger partial charge is 0.296 e. The summed E-state index contributed by atoms with van der Waals surface area (Å²) in [5.74, 6) is -1.88. The Hall–Kier alpha value is -5.09. The van der Waals surface area contributed by atoms with E-state index in [1.807, 2.05) is 13.0 Å². The molecule has 5 heterocycles. The Morgan fingerprint density at radius 2 is 2.02 bits per heavy atom. The summed E-state index contributed by atoms with van der Waals surface area (Å²) < 4.78 is 49.2. The maximum absolute atomic E-state index is 15.0. The van der Waals surface area contributed by atoms with Gasteiger partial charge in [0.2, 0.25) is 0 Å². The van der Waals surface area contributed by atoms with Gasteiger partial charge in [-0.25, -0.2) is 13.8 Å². The number of aryl methyl sites for hydroxylation is 1. The van der Waals surface area contributed by atoms with E-state index in [1.165, 1.54) is 19.5 Å². The van der Waals surface area contributed by atoms with Crippen molar-refractivity contribution in [1.82, 2.24) is 29.5 Å². The first-order chi connectivity index (χ1) is 20.3. The number of halogens is 2. The van der Waals surface area contributed by atoms with Crippen molar-refractivity contribution in [3.63, 3.8) is 0 Å². The summed E-state index contributed by atoms with van der Waals surface area (Å²) in [7, 11) is 3.02. The van der Waals surface area contributed by atoms with Crippen LogP contribution in [-0.4, -0.2) is 68.7 Å². The molecule has 6 rings (SSSR count). The first-order valence-corrected chi connectivity index (χ1v) is 13.1. The van der Waals surface area contributed by atoms with Gasteiger partial charge in [0, 0.05) is 24.8 Å². The molecular weight excluding hydrogens is 546 g/mol. The average molecular weight is 573 g/mol. The maximum atomic E-state index is 15.0. The third-order valence-electron chi connectivity index (χ3n) is 7.07. The summed E-state index contributed by atoms with van der Waals surface area (Å²) >= 11 is 0. The Kier molecular flexibility index (Phi) is 6.91. The number of fused-ring (bicyclic) bond motifs is 2. The zero-order valence-electron chi connectivity index (χ0n) is 23.0. The Morgan fingerprint density at radius 1 is 1.17 bits per heavy atom. The minimum Gasteiger partial charge on any atom is -0.478 e. The van der Waals surface area contributed by atoms with Gasteiger partial charge in [-0.2, -0.15) is 5.26 Å². The molecule has 0 amide bonds. The number of alkyl halides is 2. The zero-order chi connectivity index (χ0) is 29.4. The predicted molar refractivity (Wildman–Crippen MR) is 150 cm³/mol. The largest absolute Gasteiger partial charge is 0.478 e. The van der Waals surface area contributed by atoms with Gasteiger partial charge in [0.1, 0.15) is 23.9 Å². The summed E-state index contributed by atoms with van der Waals surface area (Å²) in [5, 5.41) is 21.4. The monoisotopic (exact) mass is 572 g/mol. The zero-order valence-corrected chi connectivity index (χ0v) is 23.0. The summed E-state index contributed by atoms with van der Waals surface area (Å²) in [6.45, 7) is 1.89. The Balaban J connectivity index is 1.37. The second-order valence-corrected chi connectivity index (χ2v) is 10.1. The minimum atomic E-state index is -3.11. The van der Waals surface area contributed by atoms with Gasteiger partial charge in [-0.05, 0) is 49.9 Å². The standard InChI is InChI=1S/C29H26F2N8O3/c1-17-10-19(4-6-22(17)41-20-5-7-24-37-35-16-39(24)14-20)36-26-18(11-32)12-33-21-13-34-28(40-3)27(25(21)26)42-23-8-9-38(2)15-29(23,30)31/h4-7,10,12-14,16,23H,8-9,15H2,1-3H3,(H,33,36)/t23-/m1/s1. The average Bonchev–Trinajstić information content (AvgIpc) is 3.44. The highest BCUT2D eigenvalue weighted by Crippen LogP contribution is 2.43. The van der Waals surface area contributed by atoms with E-state index in [2.05, 4.69) is 31.6 Å². The maximum Gasteiger partial charge on any atom is 0.296 e. The number of rotatable bonds is 7. The van der Waals surface area contributed by atoms with E-state index in [-0.39, 0.29) is 23.6 Å². The molecule has 0 radical (unpaired) electrons. The third kappa shape index (κ3) is 5.08. The molecular formula is C29H26F2N8O3. The van der Waals surface area contributed by atoms with E-state index in [1.54, 1.807) is 53.1 Å². The number of anilines is 2. The molecule has 1 aliphatic heterocycles. The van der Waals surface area contributed by atoms with Crippen molar-refractivity contribution in [3.8, 4) is 29.2 Å². The van der Waals surface area contributed by atoms with E-state index < -0.39 is 18.6 Å². The van der Waals surface area contributed by atoms with Crippen molar-refractivity contribution in [3.05, 3.63) is 66.4 Å². The van der Waals surface area contributed by atoms with Gasteiger partial charge in [-0.1, -0.05) is 0 Å². The van der Waals surface area contributed by atoms with Crippen molar-refractivity contribution in [1.29, 1.82) is 5.26 Å². The van der Waals surface area contributed by atoms with Crippen LogP contribution in [0.25, 0.3) is 16.6 Å². The van der Waals surface area contributed by atoms with Crippen LogP contribution >= 0.6 is 0 Å². The fraction of sp³-hybridized carbons (Fsp3) is 0.276. The second-order valence-electron chi connectivity index (χ2n) is 10.1. The van der Waals surface area contributed by atoms with Crippen LogP contribution in [0.15, 0.2) is 55.2 Å². The van der Waals surface area contributed by atoms with E-state index in [0.717, 1.165) is 5.56 Å². The molecule has 0 spiro atoms. The number of ether oxygens (including phenoxy) is 3. The summed E-state index contributed by atoms with van der Waals surface area (Å²) in [4.78, 5) is 10.1. The summed E-state index contributed by atoms with van der Waals surface area (Å²) in [6.07, 6.45) is 4.91. The first-order valence-electron chi connectivity index (χ1n) is 13.1. The highest BCUT2D eigenvalue weighted by Gasteiger charge is 2.46. The van der Waals surface area contributed by atoms with E-state index in [0.29, 0.717) is 46.0 Å². The van der Waals surface area contributed by atoms with Crippen molar-refractivity contribution < 1.29 is 23.0 Å². The lowest BCUT2D eigenvalue weighted by Gasteiger charge is -2.36. The summed E-state index contributed by atoms with van der Waals surface area (Å²) in [6, 6.07) is 11.2. The number of benzene rings is 1. The van der Waals surface area contributed by atoms with Gasteiger partial charge >= 0.3 is 0 Å². The lowest BCUT2D eigenvalue weighted by atomic mass is 10.0. The van der Waals surface area contributed by atoms with Crippen LogP contribution < -0.4 is 19.5 Å². The van der Waals surface area contributed by atoms with Crippen LogP contribution in [-0.2, 0) is 0 Å². The molecule has 0 aliphatic carbocycles. The fourth-order valence-corrected chi connectivity index (χ4v) is 4.97. The molecule has 5 aromatic rings. The molecule has 11 nitrogen and oxygen atoms in total. The van der Waals surface area contributed by atoms with Crippen LogP contribution in [0.1, 0.15) is 17.5 Å². The lowest BCUT2D eigenvalue weighted by Crippen LogP contribution is -2.52. The minimum absolute atomic E-state index is 0.00242. The number of methoxy groups -OCH3 is 1. The predicted octanol–water partition coefficient (Wildman–Crippen LogP) is 5.12. The van der Waals surface area contributed by atoms with Crippen molar-refractivity contribution >= 4 is 27.9 Å². The third-order valence-corrected chi connectivity index (χ3v) is 7.07. The molecule has 1 fully saturated rings. The quantitative estimate of drug-likeness (QED) is 0.281. The number of likely N-dealkylation sites (tertiary alicyclic amines) is 1. The number of aromatic nitrogens is 5. The van der Waals surface area contributed by atoms with Gasteiger partial charge in [0.25, 0.3) is 11.8 Å². The molecule has 1 atom stereocenters. The number of nitriles is 1. The van der Waals surface area contributed by atoms with Gasteiger partial charge in [-0.3, -0.25) is 9.38 Å². The Labute approximate surface area is 239 Å². The molecule has 1 aliphatic rings. The molecule has 13 heteroatoms. The SMILES string of the molecule is COc1ncc2ncc(C#N)c(Nc3ccc(Oc4ccc5nncn5c4)c(C)c3)c2c1O[C@@H]1CCN(C)CC1(F)F. The molecule has 214 valence electrons. The second kappa shape index (κ2) is 10.7. The molecule has 0 unspecified atom stereocenters. The highest BCUT2D eigenvalue weighted by molar-refractivity contribution is 6.01. The van der Waals surface area contributed by atoms with Gasteiger partial charge in [0.15, 0.2) is 17.5 Å². The van der Waals surface area contributed by atoms with Crippen molar-refractivity contribution in [2.75, 3.05) is 32.6 Å². The van der Waals surface area contributed by atoms with Gasteiger partial charge in [-0.15, -0.1) is 10.2 Å². The number of piperidine rings is 1. The number of nitrogens with one attached hydrogen (secondary N) is 1. The molecule has 1 N–H and O–H groups in total. The number of hydrogen-bond acceptors (Lipinski definition) is 10. The fourth-order valence-electron chi connectivity index (χ4n) is 4.97. The summed E-state index contributed by atoms with van der Waals surface area (Å²) in [5.41, 5.74) is 3.01. The van der Waals surface area contributed by atoms with Crippen LogP contribution in [0.5, 0.6) is 23.1 Å².